The predicted molar refractivity (Wildman–Crippen MR) is 77.1 cm³/mol. The van der Waals surface area contributed by atoms with Gasteiger partial charge in [0, 0.05) is 20.0 Å². The molecule has 0 heterocycles. The smallest absolute Gasteiger partial charge is 0.237 e. The highest BCUT2D eigenvalue weighted by atomic mass is 35.5. The van der Waals surface area contributed by atoms with E-state index in [4.69, 9.17) is 5.73 Å². The number of hydrogen-bond donors (Lipinski definition) is 3. The highest BCUT2D eigenvalue weighted by Crippen LogP contribution is 2.01. The van der Waals surface area contributed by atoms with Gasteiger partial charge < -0.3 is 16.4 Å². The number of nitrogens with one attached hydrogen (secondary N) is 2. The molecule has 2 amide bonds. The Morgan fingerprint density at radius 3 is 2.47 bits per heavy atom. The molecule has 0 bridgehead atoms. The summed E-state index contributed by atoms with van der Waals surface area (Å²) in [5.74, 6) is -0.338. The van der Waals surface area contributed by atoms with Gasteiger partial charge in [-0.25, -0.2) is 0 Å². The van der Waals surface area contributed by atoms with Gasteiger partial charge in [0.2, 0.25) is 11.8 Å². The van der Waals surface area contributed by atoms with Gasteiger partial charge in [-0.15, -0.1) is 12.4 Å². The van der Waals surface area contributed by atoms with E-state index >= 15 is 0 Å². The molecule has 0 aliphatic heterocycles. The molecule has 0 saturated heterocycles. The second-order valence-electron chi connectivity index (χ2n) is 4.01. The van der Waals surface area contributed by atoms with E-state index in [1.807, 2.05) is 30.3 Å². The minimum atomic E-state index is -0.586. The van der Waals surface area contributed by atoms with Crippen LogP contribution in [0, 0.1) is 0 Å². The van der Waals surface area contributed by atoms with Gasteiger partial charge in [0.25, 0.3) is 0 Å². The zero-order valence-electron chi connectivity index (χ0n) is 10.9. The molecule has 1 aromatic rings. The summed E-state index contributed by atoms with van der Waals surface area (Å²) in [5.41, 5.74) is 6.81. The van der Waals surface area contributed by atoms with E-state index in [0.717, 1.165) is 5.56 Å². The molecule has 0 spiro atoms. The topological polar surface area (TPSA) is 84.2 Å². The standard InChI is InChI=1S/C13H19N3O2.ClH/c1-15-12(17)7-8-16-13(18)11(14)9-10-5-3-2-4-6-10;/h2-6,11H,7-9,14H2,1H3,(H,15,17)(H,16,18);1H/t11-;/m0./s1. The first-order valence-corrected chi connectivity index (χ1v) is 5.91. The Labute approximate surface area is 119 Å². The van der Waals surface area contributed by atoms with E-state index in [-0.39, 0.29) is 30.6 Å². The van der Waals surface area contributed by atoms with Crippen LogP contribution in [0.15, 0.2) is 30.3 Å². The molecule has 4 N–H and O–H groups in total. The average Bonchev–Trinajstić information content (AvgIpc) is 2.39. The van der Waals surface area contributed by atoms with Crippen molar-refractivity contribution in [3.05, 3.63) is 35.9 Å². The SMILES string of the molecule is CNC(=O)CCNC(=O)[C@@H](N)Cc1ccccc1.Cl. The van der Waals surface area contributed by atoms with E-state index in [9.17, 15) is 9.59 Å². The minimum absolute atomic E-state index is 0. The summed E-state index contributed by atoms with van der Waals surface area (Å²) >= 11 is 0. The fourth-order valence-corrected chi connectivity index (χ4v) is 1.52. The zero-order chi connectivity index (χ0) is 13.4. The maximum absolute atomic E-state index is 11.6. The summed E-state index contributed by atoms with van der Waals surface area (Å²) in [5, 5.41) is 5.13. The minimum Gasteiger partial charge on any atom is -0.359 e. The number of carbonyl (C=O) groups is 2. The lowest BCUT2D eigenvalue weighted by molar-refractivity contribution is -0.123. The lowest BCUT2D eigenvalue weighted by Crippen LogP contribution is -2.43. The summed E-state index contributed by atoms with van der Waals surface area (Å²) in [6.07, 6.45) is 0.757. The van der Waals surface area contributed by atoms with Gasteiger partial charge in [0.15, 0.2) is 0 Å². The van der Waals surface area contributed by atoms with E-state index in [0.29, 0.717) is 13.0 Å². The molecule has 0 aliphatic rings. The number of halogens is 1. The van der Waals surface area contributed by atoms with Crippen LogP contribution in [0.4, 0.5) is 0 Å². The number of benzene rings is 1. The molecule has 1 aromatic carbocycles. The second kappa shape index (κ2) is 9.35. The molecule has 0 radical (unpaired) electrons. The van der Waals surface area contributed by atoms with Crippen LogP contribution in [-0.2, 0) is 16.0 Å². The third kappa shape index (κ3) is 6.79. The second-order valence-corrected chi connectivity index (χ2v) is 4.01. The first kappa shape index (κ1) is 17.4. The molecule has 0 aliphatic carbocycles. The third-order valence-electron chi connectivity index (χ3n) is 2.57. The van der Waals surface area contributed by atoms with Crippen molar-refractivity contribution >= 4 is 24.2 Å². The summed E-state index contributed by atoms with van der Waals surface area (Å²) in [6, 6.07) is 9.00. The first-order valence-electron chi connectivity index (χ1n) is 5.91. The van der Waals surface area contributed by atoms with Gasteiger partial charge in [0.1, 0.15) is 0 Å². The Bertz CT molecular complexity index is 398. The number of rotatable bonds is 6. The molecule has 0 aromatic heterocycles. The molecule has 5 nitrogen and oxygen atoms in total. The zero-order valence-corrected chi connectivity index (χ0v) is 11.7. The van der Waals surface area contributed by atoms with Crippen molar-refractivity contribution in [1.82, 2.24) is 10.6 Å². The van der Waals surface area contributed by atoms with Crippen LogP contribution in [0.1, 0.15) is 12.0 Å². The van der Waals surface area contributed by atoms with Gasteiger partial charge in [-0.2, -0.15) is 0 Å². The average molecular weight is 286 g/mol. The van der Waals surface area contributed by atoms with Gasteiger partial charge in [-0.3, -0.25) is 9.59 Å². The van der Waals surface area contributed by atoms with Crippen molar-refractivity contribution in [2.24, 2.45) is 5.73 Å². The molecule has 1 atom stereocenters. The van der Waals surface area contributed by atoms with Crippen molar-refractivity contribution in [3.8, 4) is 0 Å². The van der Waals surface area contributed by atoms with Crippen molar-refractivity contribution in [3.63, 3.8) is 0 Å². The fourth-order valence-electron chi connectivity index (χ4n) is 1.52. The van der Waals surface area contributed by atoms with Crippen LogP contribution >= 0.6 is 12.4 Å². The van der Waals surface area contributed by atoms with E-state index < -0.39 is 6.04 Å². The molecular weight excluding hydrogens is 266 g/mol. The molecule has 0 fully saturated rings. The molecule has 0 unspecified atom stereocenters. The van der Waals surface area contributed by atoms with E-state index in [1.165, 1.54) is 0 Å². The number of nitrogens with two attached hydrogens (primary N) is 1. The summed E-state index contributed by atoms with van der Waals surface area (Å²) in [7, 11) is 1.56. The highest BCUT2D eigenvalue weighted by Gasteiger charge is 2.13. The van der Waals surface area contributed by atoms with Crippen molar-refractivity contribution in [2.45, 2.75) is 18.9 Å². The third-order valence-corrected chi connectivity index (χ3v) is 2.57. The van der Waals surface area contributed by atoms with Crippen molar-refractivity contribution < 1.29 is 9.59 Å². The largest absolute Gasteiger partial charge is 0.359 e. The maximum Gasteiger partial charge on any atom is 0.237 e. The van der Waals surface area contributed by atoms with Gasteiger partial charge in [0.05, 0.1) is 6.04 Å². The molecule has 0 saturated carbocycles. The molecule has 6 heteroatoms. The normalized spacial score (nSPS) is 11.1. The quantitative estimate of drug-likeness (QED) is 0.700. The van der Waals surface area contributed by atoms with Gasteiger partial charge in [-0.1, -0.05) is 30.3 Å². The first-order chi connectivity index (χ1) is 8.63. The number of amides is 2. The predicted octanol–water partition coefficient (Wildman–Crippen LogP) is 0.231. The van der Waals surface area contributed by atoms with Crippen LogP contribution in [0.5, 0.6) is 0 Å². The number of hydrogen-bond acceptors (Lipinski definition) is 3. The van der Waals surface area contributed by atoms with Gasteiger partial charge >= 0.3 is 0 Å². The van der Waals surface area contributed by atoms with E-state index in [1.54, 1.807) is 7.05 Å². The monoisotopic (exact) mass is 285 g/mol. The van der Waals surface area contributed by atoms with Crippen LogP contribution in [-0.4, -0.2) is 31.4 Å². The maximum atomic E-state index is 11.6. The molecular formula is C13H20ClN3O2. The van der Waals surface area contributed by atoms with Crippen LogP contribution in [0.25, 0.3) is 0 Å². The van der Waals surface area contributed by atoms with Crippen molar-refractivity contribution in [1.29, 1.82) is 0 Å². The van der Waals surface area contributed by atoms with Crippen LogP contribution < -0.4 is 16.4 Å². The summed E-state index contributed by atoms with van der Waals surface area (Å²) in [6.45, 7) is 0.307. The Hall–Kier alpha value is -1.59. The Kier molecular flexibility index (Phi) is 8.57. The fraction of sp³-hybridized carbons (Fsp3) is 0.385. The van der Waals surface area contributed by atoms with Crippen LogP contribution in [0.2, 0.25) is 0 Å². The van der Waals surface area contributed by atoms with Crippen molar-refractivity contribution in [2.75, 3.05) is 13.6 Å². The Morgan fingerprint density at radius 2 is 1.89 bits per heavy atom. The molecule has 19 heavy (non-hydrogen) atoms. The lowest BCUT2D eigenvalue weighted by atomic mass is 10.1. The highest BCUT2D eigenvalue weighted by molar-refractivity contribution is 5.85. The summed E-state index contributed by atoms with van der Waals surface area (Å²) < 4.78 is 0. The van der Waals surface area contributed by atoms with Crippen LogP contribution in [0.3, 0.4) is 0 Å². The lowest BCUT2D eigenvalue weighted by Gasteiger charge is -2.12. The van der Waals surface area contributed by atoms with Gasteiger partial charge in [-0.05, 0) is 12.0 Å². The Balaban J connectivity index is 0.00000324. The van der Waals surface area contributed by atoms with E-state index in [2.05, 4.69) is 10.6 Å². The molecule has 1 rings (SSSR count). The molecule has 106 valence electrons. The summed E-state index contributed by atoms with van der Waals surface area (Å²) in [4.78, 5) is 22.6. The Morgan fingerprint density at radius 1 is 1.26 bits per heavy atom. The number of carbonyl (C=O) groups excluding carboxylic acids is 2.